The Kier molecular flexibility index (Phi) is 3.17. The number of nitrogens with one attached hydrogen (secondary N) is 1. The maximum Gasteiger partial charge on any atom is 0.482 e. The summed E-state index contributed by atoms with van der Waals surface area (Å²) >= 11 is 0. The fraction of sp³-hybridized carbons (Fsp3) is 0.385. The lowest BCUT2D eigenvalue weighted by Crippen LogP contribution is -2.43. The second-order valence-corrected chi connectivity index (χ2v) is 5.17. The molecule has 0 fully saturated rings. The van der Waals surface area contributed by atoms with Crippen molar-refractivity contribution in [3.8, 4) is 5.75 Å². The molecule has 1 unspecified atom stereocenters. The van der Waals surface area contributed by atoms with E-state index in [4.69, 9.17) is 5.73 Å². The average Bonchev–Trinajstić information content (AvgIpc) is 2.70. The third-order valence-electron chi connectivity index (χ3n) is 3.40. The highest BCUT2D eigenvalue weighted by atomic mass is 19.3. The van der Waals surface area contributed by atoms with E-state index in [9.17, 15) is 18.7 Å². The van der Waals surface area contributed by atoms with Crippen molar-refractivity contribution in [1.82, 2.24) is 9.55 Å². The molecule has 1 aromatic carbocycles. The molecule has 2 aromatic rings. The highest BCUT2D eigenvalue weighted by molar-refractivity contribution is 6.01. The number of rotatable bonds is 3. The molecule has 1 aliphatic heterocycles. The van der Waals surface area contributed by atoms with Crippen LogP contribution in [0.5, 0.6) is 5.75 Å². The number of hydrogen-bond donors (Lipinski definition) is 3. The minimum atomic E-state index is -3.92. The smallest absolute Gasteiger partial charge is 0.423 e. The molecule has 7 nitrogen and oxygen atoms in total. The zero-order valence-electron chi connectivity index (χ0n) is 11.6. The zero-order chi connectivity index (χ0) is 16.1. The van der Waals surface area contributed by atoms with Crippen molar-refractivity contribution in [3.63, 3.8) is 0 Å². The minimum Gasteiger partial charge on any atom is -0.423 e. The van der Waals surface area contributed by atoms with Crippen molar-refractivity contribution in [2.45, 2.75) is 32.1 Å². The number of aromatic nitrogens is 2. The number of carbonyl (C=O) groups is 1. The van der Waals surface area contributed by atoms with Crippen LogP contribution in [-0.4, -0.2) is 32.8 Å². The first-order chi connectivity index (χ1) is 10.3. The van der Waals surface area contributed by atoms with Crippen LogP contribution in [0, 0.1) is 0 Å². The Balaban J connectivity index is 2.06. The molecule has 4 N–H and O–H groups in total. The Bertz CT molecular complexity index is 757. The monoisotopic (exact) mass is 312 g/mol. The van der Waals surface area contributed by atoms with Gasteiger partial charge in [0.1, 0.15) is 0 Å². The summed E-state index contributed by atoms with van der Waals surface area (Å²) in [6.07, 6.45) is -4.02. The summed E-state index contributed by atoms with van der Waals surface area (Å²) < 4.78 is 32.7. The number of halogens is 2. The van der Waals surface area contributed by atoms with Crippen LogP contribution >= 0.6 is 0 Å². The Morgan fingerprint density at radius 1 is 1.55 bits per heavy atom. The molecule has 0 aliphatic carbocycles. The van der Waals surface area contributed by atoms with Gasteiger partial charge in [0.15, 0.2) is 5.75 Å². The number of ether oxygens (including phenoxy) is 1. The van der Waals surface area contributed by atoms with Crippen LogP contribution < -0.4 is 15.8 Å². The van der Waals surface area contributed by atoms with Crippen molar-refractivity contribution < 1.29 is 23.4 Å². The van der Waals surface area contributed by atoms with Gasteiger partial charge in [0.2, 0.25) is 5.95 Å². The van der Waals surface area contributed by atoms with Gasteiger partial charge in [-0.25, -0.2) is 4.98 Å². The molecule has 0 saturated heterocycles. The standard InChI is InChI=1S/C13H14F2N4O3/c1-6(20)2-3-19-9-5-10-8(4-7(9)18-12(19)16)17-11(21)13(14,15)22-10/h4-6,20H,2-3H2,1H3,(H2,16,18)(H,17,21). The fourth-order valence-corrected chi connectivity index (χ4v) is 2.28. The lowest BCUT2D eigenvalue weighted by molar-refractivity contribution is -0.189. The van der Waals surface area contributed by atoms with Gasteiger partial charge in [0.05, 0.1) is 22.8 Å². The predicted octanol–water partition coefficient (Wildman–Crippen LogP) is 1.31. The van der Waals surface area contributed by atoms with Gasteiger partial charge < -0.3 is 25.5 Å². The maximum absolute atomic E-state index is 13.3. The molecule has 2 heterocycles. The second-order valence-electron chi connectivity index (χ2n) is 5.17. The van der Waals surface area contributed by atoms with E-state index in [1.54, 1.807) is 11.5 Å². The minimum absolute atomic E-state index is 0.114. The lowest BCUT2D eigenvalue weighted by Gasteiger charge is -2.24. The normalized spacial score (nSPS) is 17.7. The number of amides is 1. The molecule has 0 saturated carbocycles. The number of imidazole rings is 1. The number of carbonyl (C=O) groups excluding carboxylic acids is 1. The van der Waals surface area contributed by atoms with Crippen LogP contribution in [0.1, 0.15) is 13.3 Å². The van der Waals surface area contributed by atoms with E-state index in [-0.39, 0.29) is 17.4 Å². The van der Waals surface area contributed by atoms with Gasteiger partial charge in [0.25, 0.3) is 0 Å². The first-order valence-corrected chi connectivity index (χ1v) is 6.64. The highest BCUT2D eigenvalue weighted by Crippen LogP contribution is 2.38. The Labute approximate surface area is 123 Å². The maximum atomic E-state index is 13.3. The third-order valence-corrected chi connectivity index (χ3v) is 3.40. The van der Waals surface area contributed by atoms with Crippen LogP contribution in [0.4, 0.5) is 20.4 Å². The van der Waals surface area contributed by atoms with Gasteiger partial charge >= 0.3 is 12.0 Å². The van der Waals surface area contributed by atoms with Crippen LogP contribution in [0.15, 0.2) is 12.1 Å². The molecule has 0 bridgehead atoms. The number of nitrogen functional groups attached to an aromatic ring is 1. The summed E-state index contributed by atoms with van der Waals surface area (Å²) in [7, 11) is 0. The molecule has 1 atom stereocenters. The van der Waals surface area contributed by atoms with Gasteiger partial charge in [-0.05, 0) is 19.4 Å². The zero-order valence-corrected chi connectivity index (χ0v) is 11.6. The summed E-state index contributed by atoms with van der Waals surface area (Å²) in [6.45, 7) is 2.01. The first-order valence-electron chi connectivity index (χ1n) is 6.64. The van der Waals surface area contributed by atoms with E-state index in [2.05, 4.69) is 15.0 Å². The SMILES string of the molecule is CC(O)CCn1c(N)nc2cc3c(cc21)OC(F)(F)C(=O)N3. The number of benzene rings is 1. The second kappa shape index (κ2) is 4.80. The molecule has 0 radical (unpaired) electrons. The Morgan fingerprint density at radius 2 is 2.27 bits per heavy atom. The van der Waals surface area contributed by atoms with E-state index in [1.807, 2.05) is 0 Å². The number of nitrogens with two attached hydrogens (primary N) is 1. The van der Waals surface area contributed by atoms with E-state index in [1.165, 1.54) is 12.1 Å². The van der Waals surface area contributed by atoms with Crippen molar-refractivity contribution in [2.24, 2.45) is 0 Å². The molecule has 118 valence electrons. The number of alkyl halides is 2. The van der Waals surface area contributed by atoms with Crippen molar-refractivity contribution in [3.05, 3.63) is 12.1 Å². The number of hydrogen-bond acceptors (Lipinski definition) is 5. The average molecular weight is 312 g/mol. The number of nitrogens with zero attached hydrogens (tertiary/aromatic N) is 2. The third kappa shape index (κ3) is 2.33. The molecule has 1 aromatic heterocycles. The molecule has 22 heavy (non-hydrogen) atoms. The van der Waals surface area contributed by atoms with Crippen LogP contribution in [-0.2, 0) is 11.3 Å². The summed E-state index contributed by atoms with van der Waals surface area (Å²) in [6, 6.07) is 2.77. The number of aryl methyl sites for hydroxylation is 1. The highest BCUT2D eigenvalue weighted by Gasteiger charge is 2.46. The van der Waals surface area contributed by atoms with Gasteiger partial charge in [-0.3, -0.25) is 4.79 Å². The summed E-state index contributed by atoms with van der Waals surface area (Å²) in [5.41, 5.74) is 6.86. The molecular formula is C13H14F2N4O3. The Morgan fingerprint density at radius 3 is 2.95 bits per heavy atom. The summed E-state index contributed by atoms with van der Waals surface area (Å²) in [5, 5.41) is 11.4. The summed E-state index contributed by atoms with van der Waals surface area (Å²) in [4.78, 5) is 15.3. The quantitative estimate of drug-likeness (QED) is 0.793. The molecular weight excluding hydrogens is 298 g/mol. The molecule has 3 rings (SSSR count). The van der Waals surface area contributed by atoms with Gasteiger partial charge in [0, 0.05) is 12.6 Å². The van der Waals surface area contributed by atoms with Crippen LogP contribution in [0.3, 0.4) is 0 Å². The van der Waals surface area contributed by atoms with Crippen LogP contribution in [0.2, 0.25) is 0 Å². The largest absolute Gasteiger partial charge is 0.482 e. The van der Waals surface area contributed by atoms with E-state index < -0.39 is 18.1 Å². The fourth-order valence-electron chi connectivity index (χ4n) is 2.28. The van der Waals surface area contributed by atoms with Crippen molar-refractivity contribution in [1.29, 1.82) is 0 Å². The molecule has 1 aliphatic rings. The first kappa shape index (κ1) is 14.5. The summed E-state index contributed by atoms with van der Waals surface area (Å²) in [5.74, 6) is -1.49. The molecule has 9 heteroatoms. The Hall–Kier alpha value is -2.42. The van der Waals surface area contributed by atoms with E-state index in [0.717, 1.165) is 0 Å². The predicted molar refractivity (Wildman–Crippen MR) is 74.6 cm³/mol. The van der Waals surface area contributed by atoms with Gasteiger partial charge in [-0.2, -0.15) is 8.78 Å². The molecule has 0 spiro atoms. The molecule has 1 amide bonds. The number of fused-ring (bicyclic) bond motifs is 2. The number of anilines is 2. The van der Waals surface area contributed by atoms with Gasteiger partial charge in [-0.15, -0.1) is 0 Å². The van der Waals surface area contributed by atoms with E-state index in [0.29, 0.717) is 24.0 Å². The van der Waals surface area contributed by atoms with Gasteiger partial charge in [-0.1, -0.05) is 0 Å². The van der Waals surface area contributed by atoms with Crippen molar-refractivity contribution >= 4 is 28.6 Å². The lowest BCUT2D eigenvalue weighted by atomic mass is 10.2. The number of aliphatic hydroxyl groups excluding tert-OH is 1. The topological polar surface area (TPSA) is 102 Å². The van der Waals surface area contributed by atoms with E-state index >= 15 is 0 Å². The number of aliphatic hydroxyl groups is 1. The van der Waals surface area contributed by atoms with Crippen LogP contribution in [0.25, 0.3) is 11.0 Å². The van der Waals surface area contributed by atoms with Crippen molar-refractivity contribution in [2.75, 3.05) is 11.1 Å².